The van der Waals surface area contributed by atoms with Gasteiger partial charge in [-0.25, -0.2) is 13.8 Å². The lowest BCUT2D eigenvalue weighted by atomic mass is 9.98. The molecule has 45 heavy (non-hydrogen) atoms. The molecule has 3 aromatic heterocycles. The average Bonchev–Trinajstić information content (AvgIpc) is 3.51. The molecule has 0 aliphatic carbocycles. The number of rotatable bonds is 7. The minimum atomic E-state index is -4.69. The molecule has 7 nitrogen and oxygen atoms in total. The smallest absolute Gasteiger partial charge is 0.331 e. The van der Waals surface area contributed by atoms with Crippen LogP contribution in [0.3, 0.4) is 0 Å². The van der Waals surface area contributed by atoms with Gasteiger partial charge in [-0.2, -0.15) is 13.2 Å². The van der Waals surface area contributed by atoms with Crippen molar-refractivity contribution >= 4 is 33.9 Å². The maximum Gasteiger partial charge on any atom is 0.417 e. The fourth-order valence-corrected chi connectivity index (χ4v) is 5.04. The standard InChI is InChI=1S/C33H30F5N5O2/c1-18-40-25-16-21(22(33(36,37)38)17-28(25)42(18)5)20-8-7-13-43-26(20)10-11-27(43)31(45)19-14-23(34)30(24(35)15-19)41-29(44)9-6-12-39-32(2,3)4/h6-11,13-17,39H,12H2,1-5H3,(H,41,44)/b9-6+. The van der Waals surface area contributed by atoms with E-state index in [0.717, 1.165) is 24.3 Å². The van der Waals surface area contributed by atoms with Crippen molar-refractivity contribution in [2.45, 2.75) is 39.4 Å². The summed E-state index contributed by atoms with van der Waals surface area (Å²) in [5, 5.41) is 5.28. The van der Waals surface area contributed by atoms with Gasteiger partial charge in [-0.15, -0.1) is 0 Å². The van der Waals surface area contributed by atoms with E-state index in [9.17, 15) is 31.5 Å². The Morgan fingerprint density at radius 3 is 2.29 bits per heavy atom. The summed E-state index contributed by atoms with van der Waals surface area (Å²) in [6, 6.07) is 9.84. The molecule has 0 bridgehead atoms. The Hall–Kier alpha value is -4.84. The Morgan fingerprint density at radius 1 is 0.956 bits per heavy atom. The van der Waals surface area contributed by atoms with Gasteiger partial charge in [-0.1, -0.05) is 12.1 Å². The minimum absolute atomic E-state index is 0.0277. The number of imidazole rings is 1. The average molecular weight is 624 g/mol. The molecule has 0 aliphatic heterocycles. The van der Waals surface area contributed by atoms with Crippen LogP contribution in [0.1, 0.15) is 48.2 Å². The van der Waals surface area contributed by atoms with Crippen LogP contribution in [0.15, 0.2) is 66.9 Å². The molecule has 3 heterocycles. The number of aromatic nitrogens is 3. The summed E-state index contributed by atoms with van der Waals surface area (Å²) in [5.74, 6) is -3.32. The molecule has 0 fully saturated rings. The van der Waals surface area contributed by atoms with Gasteiger partial charge in [0.2, 0.25) is 11.7 Å². The van der Waals surface area contributed by atoms with E-state index in [4.69, 9.17) is 0 Å². The van der Waals surface area contributed by atoms with Crippen LogP contribution in [-0.4, -0.2) is 37.7 Å². The summed E-state index contributed by atoms with van der Waals surface area (Å²) in [6.07, 6.45) is -0.568. The third-order valence-electron chi connectivity index (χ3n) is 7.34. The summed E-state index contributed by atoms with van der Waals surface area (Å²) >= 11 is 0. The fourth-order valence-electron chi connectivity index (χ4n) is 5.04. The Balaban J connectivity index is 1.48. The molecule has 0 spiro atoms. The maximum atomic E-state index is 15.0. The first kappa shape index (κ1) is 31.6. The van der Waals surface area contributed by atoms with E-state index >= 15 is 0 Å². The second-order valence-corrected chi connectivity index (χ2v) is 11.7. The molecule has 2 N–H and O–H groups in total. The van der Waals surface area contributed by atoms with Gasteiger partial charge in [0.1, 0.15) is 23.1 Å². The summed E-state index contributed by atoms with van der Waals surface area (Å²) in [5.41, 5.74) is -1.12. The van der Waals surface area contributed by atoms with Crippen molar-refractivity contribution in [2.24, 2.45) is 7.05 Å². The van der Waals surface area contributed by atoms with Crippen molar-refractivity contribution in [2.75, 3.05) is 11.9 Å². The van der Waals surface area contributed by atoms with Crippen molar-refractivity contribution < 1.29 is 31.5 Å². The Morgan fingerprint density at radius 2 is 1.64 bits per heavy atom. The molecule has 0 saturated heterocycles. The van der Waals surface area contributed by atoms with Crippen LogP contribution >= 0.6 is 0 Å². The lowest BCUT2D eigenvalue weighted by molar-refractivity contribution is -0.137. The largest absolute Gasteiger partial charge is 0.417 e. The molecule has 234 valence electrons. The number of ketones is 1. The van der Waals surface area contributed by atoms with E-state index in [1.807, 2.05) is 20.8 Å². The number of carbonyl (C=O) groups is 2. The first-order chi connectivity index (χ1) is 21.0. The summed E-state index contributed by atoms with van der Waals surface area (Å²) in [7, 11) is 1.63. The molecule has 0 saturated carbocycles. The lowest BCUT2D eigenvalue weighted by Crippen LogP contribution is -2.35. The molecular weight excluding hydrogens is 593 g/mol. The topological polar surface area (TPSA) is 80.4 Å². The number of anilines is 1. The van der Waals surface area contributed by atoms with Gasteiger partial charge in [0, 0.05) is 42.5 Å². The number of hydrogen-bond donors (Lipinski definition) is 2. The first-order valence-electron chi connectivity index (χ1n) is 14.0. The normalized spacial score (nSPS) is 12.5. The number of nitrogens with one attached hydrogen (secondary N) is 2. The summed E-state index contributed by atoms with van der Waals surface area (Å²) in [4.78, 5) is 30.0. The predicted molar refractivity (Wildman–Crippen MR) is 162 cm³/mol. The van der Waals surface area contributed by atoms with E-state index in [1.54, 1.807) is 18.5 Å². The van der Waals surface area contributed by atoms with E-state index < -0.39 is 40.8 Å². The highest BCUT2D eigenvalue weighted by Crippen LogP contribution is 2.41. The number of nitrogens with zero attached hydrogens (tertiary/aromatic N) is 3. The van der Waals surface area contributed by atoms with Gasteiger partial charge in [0.25, 0.3) is 0 Å². The van der Waals surface area contributed by atoms with Crippen LogP contribution in [0.5, 0.6) is 0 Å². The second-order valence-electron chi connectivity index (χ2n) is 11.7. The molecule has 12 heteroatoms. The van der Waals surface area contributed by atoms with Gasteiger partial charge in [-0.3, -0.25) is 9.59 Å². The second kappa shape index (κ2) is 11.6. The molecule has 1 amide bonds. The van der Waals surface area contributed by atoms with Crippen molar-refractivity contribution in [3.05, 3.63) is 101 Å². The van der Waals surface area contributed by atoms with E-state index in [2.05, 4.69) is 15.6 Å². The first-order valence-corrected chi connectivity index (χ1v) is 14.0. The van der Waals surface area contributed by atoms with Crippen molar-refractivity contribution in [1.82, 2.24) is 19.3 Å². The van der Waals surface area contributed by atoms with Crippen LogP contribution in [0, 0.1) is 18.6 Å². The van der Waals surface area contributed by atoms with Gasteiger partial charge in [0.15, 0.2) is 0 Å². The zero-order chi connectivity index (χ0) is 32.8. The Kier molecular flexibility index (Phi) is 8.13. The van der Waals surface area contributed by atoms with Crippen molar-refractivity contribution in [3.8, 4) is 11.1 Å². The zero-order valence-electron chi connectivity index (χ0n) is 25.1. The highest BCUT2D eigenvalue weighted by Gasteiger charge is 2.35. The number of carbonyl (C=O) groups excluding carboxylic acids is 2. The van der Waals surface area contributed by atoms with E-state index in [-0.39, 0.29) is 33.4 Å². The molecule has 0 radical (unpaired) electrons. The maximum absolute atomic E-state index is 15.0. The molecule has 2 aromatic carbocycles. The van der Waals surface area contributed by atoms with Crippen molar-refractivity contribution in [3.63, 3.8) is 0 Å². The lowest BCUT2D eigenvalue weighted by Gasteiger charge is -2.18. The van der Waals surface area contributed by atoms with Crippen LogP contribution in [0.4, 0.5) is 27.6 Å². The third-order valence-corrected chi connectivity index (χ3v) is 7.34. The van der Waals surface area contributed by atoms with Crippen molar-refractivity contribution in [1.29, 1.82) is 0 Å². The number of aryl methyl sites for hydroxylation is 2. The highest BCUT2D eigenvalue weighted by atomic mass is 19.4. The van der Waals surface area contributed by atoms with Crippen LogP contribution in [0.2, 0.25) is 0 Å². The molecule has 0 unspecified atom stereocenters. The summed E-state index contributed by atoms with van der Waals surface area (Å²) in [6.45, 7) is 7.87. The SMILES string of the molecule is Cc1nc2cc(-c3cccn4c(C(=O)c5cc(F)c(NC(=O)/C=C/CNC(C)(C)C)c(F)c5)ccc34)c(C(F)(F)F)cc2n1C. The van der Waals surface area contributed by atoms with Gasteiger partial charge < -0.3 is 19.6 Å². The number of hydrogen-bond acceptors (Lipinski definition) is 4. The monoisotopic (exact) mass is 623 g/mol. The number of alkyl halides is 3. The quantitative estimate of drug-likeness (QED) is 0.114. The fraction of sp³-hybridized carbons (Fsp3) is 0.242. The zero-order valence-corrected chi connectivity index (χ0v) is 25.1. The molecule has 5 rings (SSSR count). The van der Waals surface area contributed by atoms with Crippen LogP contribution in [0.25, 0.3) is 27.7 Å². The van der Waals surface area contributed by atoms with E-state index in [1.165, 1.54) is 47.0 Å². The number of pyridine rings is 1. The van der Waals surface area contributed by atoms with Gasteiger partial charge in [-0.05, 0) is 75.7 Å². The number of amides is 1. The number of fused-ring (bicyclic) bond motifs is 2. The molecule has 0 atom stereocenters. The minimum Gasteiger partial charge on any atom is -0.331 e. The highest BCUT2D eigenvalue weighted by molar-refractivity contribution is 6.09. The molecular formula is C33H30F5N5O2. The van der Waals surface area contributed by atoms with Crippen LogP contribution in [-0.2, 0) is 18.0 Å². The number of benzene rings is 2. The molecule has 5 aromatic rings. The Bertz CT molecular complexity index is 1970. The van der Waals surface area contributed by atoms with Crippen LogP contribution < -0.4 is 10.6 Å². The van der Waals surface area contributed by atoms with Gasteiger partial charge in [0.05, 0.1) is 27.8 Å². The van der Waals surface area contributed by atoms with Gasteiger partial charge >= 0.3 is 6.18 Å². The summed E-state index contributed by atoms with van der Waals surface area (Å²) < 4.78 is 75.7. The Labute approximate surface area is 255 Å². The third kappa shape index (κ3) is 6.37. The molecule has 0 aliphatic rings. The predicted octanol–water partition coefficient (Wildman–Crippen LogP) is 7.21. The number of halogens is 5. The van der Waals surface area contributed by atoms with E-state index in [0.29, 0.717) is 23.4 Å².